The molecule has 0 unspecified atom stereocenters. The summed E-state index contributed by atoms with van der Waals surface area (Å²) in [7, 11) is 3.53. The molecular weight excluding hydrogens is 462 g/mol. The van der Waals surface area contributed by atoms with E-state index in [1.54, 1.807) is 12.0 Å². The molecule has 0 saturated heterocycles. The number of benzene rings is 3. The van der Waals surface area contributed by atoms with Crippen molar-refractivity contribution in [3.8, 4) is 5.75 Å². The molecular formula is C28H26ClN3O3. The minimum Gasteiger partial charge on any atom is -0.497 e. The number of fused-ring (bicyclic) bond motifs is 3. The lowest BCUT2D eigenvalue weighted by molar-refractivity contribution is -0.122. The summed E-state index contributed by atoms with van der Waals surface area (Å²) in [4.78, 5) is 28.2. The number of rotatable bonds is 7. The van der Waals surface area contributed by atoms with E-state index in [2.05, 4.69) is 5.32 Å². The van der Waals surface area contributed by atoms with Crippen LogP contribution >= 0.6 is 11.6 Å². The molecule has 1 aliphatic heterocycles. The van der Waals surface area contributed by atoms with Crippen molar-refractivity contribution in [1.82, 2.24) is 14.8 Å². The Balaban J connectivity index is 1.42. The van der Waals surface area contributed by atoms with Crippen LogP contribution in [0.15, 0.2) is 72.8 Å². The summed E-state index contributed by atoms with van der Waals surface area (Å²) in [5.41, 5.74) is 4.58. The smallest absolute Gasteiger partial charge is 0.272 e. The second-order valence-corrected chi connectivity index (χ2v) is 9.11. The monoisotopic (exact) mass is 487 g/mol. The highest BCUT2D eigenvalue weighted by Gasteiger charge is 2.42. The van der Waals surface area contributed by atoms with Gasteiger partial charge in [0.05, 0.1) is 13.2 Å². The van der Waals surface area contributed by atoms with Crippen LogP contribution in [0.3, 0.4) is 0 Å². The van der Waals surface area contributed by atoms with E-state index in [9.17, 15) is 9.59 Å². The van der Waals surface area contributed by atoms with Crippen molar-refractivity contribution < 1.29 is 14.3 Å². The van der Waals surface area contributed by atoms with Crippen LogP contribution in [0.4, 0.5) is 0 Å². The first-order valence-corrected chi connectivity index (χ1v) is 11.9. The first kappa shape index (κ1) is 23.0. The first-order valence-electron chi connectivity index (χ1n) is 11.5. The van der Waals surface area contributed by atoms with Gasteiger partial charge in [-0.05, 0) is 47.9 Å². The van der Waals surface area contributed by atoms with Gasteiger partial charge in [-0.1, -0.05) is 54.1 Å². The average Bonchev–Trinajstić information content (AvgIpc) is 3.32. The number of hydrogen-bond donors (Lipinski definition) is 1. The Morgan fingerprint density at radius 3 is 2.46 bits per heavy atom. The SMILES string of the molecule is COc1ccc([C@H]2c3c(n(C)c4ccccc34)C(=O)N2CC(=O)NCCc2ccc(Cl)cc2)cc1. The zero-order chi connectivity index (χ0) is 24.5. The van der Waals surface area contributed by atoms with Crippen LogP contribution in [0.2, 0.25) is 5.02 Å². The highest BCUT2D eigenvalue weighted by atomic mass is 35.5. The summed E-state index contributed by atoms with van der Waals surface area (Å²) in [5, 5.41) is 4.66. The van der Waals surface area contributed by atoms with Crippen molar-refractivity contribution >= 4 is 34.3 Å². The second kappa shape index (κ2) is 9.47. The number of halogens is 1. The summed E-state index contributed by atoms with van der Waals surface area (Å²) in [6, 6.07) is 22.9. The molecule has 0 bridgehead atoms. The maximum Gasteiger partial charge on any atom is 0.272 e. The number of aryl methyl sites for hydroxylation is 1. The van der Waals surface area contributed by atoms with E-state index in [0.29, 0.717) is 23.7 Å². The minimum absolute atomic E-state index is 0.0286. The number of carbonyl (C=O) groups excluding carboxylic acids is 2. The van der Waals surface area contributed by atoms with Crippen LogP contribution in [-0.2, 0) is 18.3 Å². The molecule has 0 aliphatic carbocycles. The molecule has 1 atom stereocenters. The Kier molecular flexibility index (Phi) is 6.22. The van der Waals surface area contributed by atoms with Crippen molar-refractivity contribution in [3.63, 3.8) is 0 Å². The van der Waals surface area contributed by atoms with Gasteiger partial charge in [-0.3, -0.25) is 9.59 Å². The van der Waals surface area contributed by atoms with Crippen LogP contribution in [-0.4, -0.2) is 41.5 Å². The minimum atomic E-state index is -0.364. The van der Waals surface area contributed by atoms with Crippen LogP contribution < -0.4 is 10.1 Å². The van der Waals surface area contributed by atoms with Gasteiger partial charge < -0.3 is 19.5 Å². The molecule has 4 aromatic rings. The summed E-state index contributed by atoms with van der Waals surface area (Å²) in [6.07, 6.45) is 0.684. The lowest BCUT2D eigenvalue weighted by Crippen LogP contribution is -2.40. The molecule has 178 valence electrons. The van der Waals surface area contributed by atoms with Crippen molar-refractivity contribution in [3.05, 3.63) is 100 Å². The molecule has 6 nitrogen and oxygen atoms in total. The average molecular weight is 488 g/mol. The normalized spacial score (nSPS) is 14.9. The lowest BCUT2D eigenvalue weighted by Gasteiger charge is -2.26. The van der Waals surface area contributed by atoms with Gasteiger partial charge in [0.15, 0.2) is 0 Å². The molecule has 2 heterocycles. The van der Waals surface area contributed by atoms with Crippen LogP contribution in [0, 0.1) is 0 Å². The maximum absolute atomic E-state index is 13.6. The molecule has 7 heteroatoms. The Bertz CT molecular complexity index is 1390. The van der Waals surface area contributed by atoms with Crippen molar-refractivity contribution in [2.75, 3.05) is 20.2 Å². The second-order valence-electron chi connectivity index (χ2n) is 8.67. The number of carbonyl (C=O) groups is 2. The van der Waals surface area contributed by atoms with Gasteiger partial charge in [-0.2, -0.15) is 0 Å². The fourth-order valence-corrected chi connectivity index (χ4v) is 5.00. The van der Waals surface area contributed by atoms with E-state index in [1.165, 1.54) is 0 Å². The highest BCUT2D eigenvalue weighted by molar-refractivity contribution is 6.30. The number of nitrogens with one attached hydrogen (secondary N) is 1. The number of amides is 2. The van der Waals surface area contributed by atoms with Gasteiger partial charge >= 0.3 is 0 Å². The molecule has 0 fully saturated rings. The fourth-order valence-electron chi connectivity index (χ4n) is 4.87. The topological polar surface area (TPSA) is 63.6 Å². The van der Waals surface area contributed by atoms with Gasteiger partial charge in [0.2, 0.25) is 5.91 Å². The van der Waals surface area contributed by atoms with Crippen molar-refractivity contribution in [2.24, 2.45) is 7.05 Å². The molecule has 2 amide bonds. The van der Waals surface area contributed by atoms with E-state index < -0.39 is 0 Å². The fraction of sp³-hybridized carbons (Fsp3) is 0.214. The summed E-state index contributed by atoms with van der Waals surface area (Å²) in [5.74, 6) is 0.401. The van der Waals surface area contributed by atoms with Gasteiger partial charge in [0, 0.05) is 35.1 Å². The maximum atomic E-state index is 13.6. The molecule has 35 heavy (non-hydrogen) atoms. The predicted molar refractivity (Wildman–Crippen MR) is 137 cm³/mol. The van der Waals surface area contributed by atoms with Gasteiger partial charge in [0.1, 0.15) is 18.0 Å². The van der Waals surface area contributed by atoms with Crippen LogP contribution in [0.1, 0.15) is 33.2 Å². The number of hydrogen-bond acceptors (Lipinski definition) is 3. The number of ether oxygens (including phenoxy) is 1. The molecule has 5 rings (SSSR count). The number of nitrogens with zero attached hydrogens (tertiary/aromatic N) is 2. The molecule has 3 aromatic carbocycles. The van der Waals surface area contributed by atoms with E-state index >= 15 is 0 Å². The molecule has 1 aliphatic rings. The van der Waals surface area contributed by atoms with E-state index in [0.717, 1.165) is 33.3 Å². The molecule has 1 aromatic heterocycles. The van der Waals surface area contributed by atoms with Gasteiger partial charge in [-0.15, -0.1) is 0 Å². The Morgan fingerprint density at radius 1 is 1.03 bits per heavy atom. The Morgan fingerprint density at radius 2 is 1.74 bits per heavy atom. The number of aromatic nitrogens is 1. The van der Waals surface area contributed by atoms with Crippen LogP contribution in [0.25, 0.3) is 10.9 Å². The summed E-state index contributed by atoms with van der Waals surface area (Å²) in [6.45, 7) is 0.449. The first-order chi connectivity index (χ1) is 17.0. The molecule has 0 radical (unpaired) electrons. The quantitative estimate of drug-likeness (QED) is 0.409. The third kappa shape index (κ3) is 4.26. The van der Waals surface area contributed by atoms with Crippen molar-refractivity contribution in [2.45, 2.75) is 12.5 Å². The molecule has 0 saturated carbocycles. The predicted octanol–water partition coefficient (Wildman–Crippen LogP) is 4.74. The Labute approximate surface area is 209 Å². The molecule has 0 spiro atoms. The third-order valence-corrected chi connectivity index (χ3v) is 6.84. The third-order valence-electron chi connectivity index (χ3n) is 6.59. The lowest BCUT2D eigenvalue weighted by atomic mass is 9.98. The molecule has 1 N–H and O–H groups in total. The highest BCUT2D eigenvalue weighted by Crippen LogP contribution is 2.43. The van der Waals surface area contributed by atoms with Crippen LogP contribution in [0.5, 0.6) is 5.75 Å². The van der Waals surface area contributed by atoms with E-state index in [4.69, 9.17) is 16.3 Å². The largest absolute Gasteiger partial charge is 0.497 e. The summed E-state index contributed by atoms with van der Waals surface area (Å²) >= 11 is 5.95. The van der Waals surface area contributed by atoms with Gasteiger partial charge in [-0.25, -0.2) is 0 Å². The standard InChI is InChI=1S/C28H26ClN3O3/c1-31-23-6-4-3-5-22(23)25-26(19-9-13-21(35-2)14-10-19)32(28(34)27(25)31)17-24(33)30-16-15-18-7-11-20(29)12-8-18/h3-14,26H,15-17H2,1-2H3,(H,30,33)/t26-/m0/s1. The summed E-state index contributed by atoms with van der Waals surface area (Å²) < 4.78 is 7.25. The van der Waals surface area contributed by atoms with Crippen molar-refractivity contribution in [1.29, 1.82) is 0 Å². The Hall–Kier alpha value is -3.77. The van der Waals surface area contributed by atoms with Gasteiger partial charge in [0.25, 0.3) is 5.91 Å². The number of para-hydroxylation sites is 1. The zero-order valence-electron chi connectivity index (χ0n) is 19.6. The zero-order valence-corrected chi connectivity index (χ0v) is 20.4. The van der Waals surface area contributed by atoms with E-state index in [1.807, 2.05) is 84.4 Å². The number of methoxy groups -OCH3 is 1. The van der Waals surface area contributed by atoms with E-state index in [-0.39, 0.29) is 24.4 Å².